The summed E-state index contributed by atoms with van der Waals surface area (Å²) in [6.45, 7) is -0.0434. The molecule has 1 aromatic carbocycles. The molecule has 23 heavy (non-hydrogen) atoms. The van der Waals surface area contributed by atoms with Crippen molar-refractivity contribution in [3.8, 4) is 5.75 Å². The lowest BCUT2D eigenvalue weighted by Gasteiger charge is -2.17. The van der Waals surface area contributed by atoms with Crippen molar-refractivity contribution in [1.82, 2.24) is 4.98 Å². The second-order valence-corrected chi connectivity index (χ2v) is 5.66. The first-order valence-corrected chi connectivity index (χ1v) is 7.55. The van der Waals surface area contributed by atoms with Gasteiger partial charge in [-0.15, -0.1) is 0 Å². The van der Waals surface area contributed by atoms with Gasteiger partial charge in [0, 0.05) is 11.6 Å². The summed E-state index contributed by atoms with van der Waals surface area (Å²) >= 11 is 0. The molecule has 116 valence electrons. The molecule has 0 spiro atoms. The van der Waals surface area contributed by atoms with Crippen molar-refractivity contribution in [1.29, 1.82) is 0 Å². The van der Waals surface area contributed by atoms with Gasteiger partial charge in [-0.1, -0.05) is 12.1 Å². The summed E-state index contributed by atoms with van der Waals surface area (Å²) in [5.41, 5.74) is 3.65. The fraction of sp³-hybridized carbons (Fsp3) is 0.235. The van der Waals surface area contributed by atoms with E-state index in [1.54, 1.807) is 6.07 Å². The van der Waals surface area contributed by atoms with Gasteiger partial charge in [-0.3, -0.25) is 9.59 Å². The van der Waals surface area contributed by atoms with Crippen LogP contribution < -0.4 is 15.4 Å². The molecule has 2 heterocycles. The van der Waals surface area contributed by atoms with E-state index in [9.17, 15) is 9.59 Å². The van der Waals surface area contributed by atoms with Gasteiger partial charge in [-0.25, -0.2) is 4.98 Å². The highest BCUT2D eigenvalue weighted by Gasteiger charge is 2.21. The van der Waals surface area contributed by atoms with E-state index in [1.807, 2.05) is 12.1 Å². The lowest BCUT2D eigenvalue weighted by Crippen LogP contribution is -2.26. The minimum absolute atomic E-state index is 0.0434. The Balaban J connectivity index is 1.58. The van der Waals surface area contributed by atoms with E-state index < -0.39 is 0 Å². The second-order valence-electron chi connectivity index (χ2n) is 5.66. The first-order valence-electron chi connectivity index (χ1n) is 7.55. The summed E-state index contributed by atoms with van der Waals surface area (Å²) in [5, 5.41) is 5.47. The van der Waals surface area contributed by atoms with Gasteiger partial charge in [0.2, 0.25) is 0 Å². The van der Waals surface area contributed by atoms with Crippen LogP contribution in [0, 0.1) is 0 Å². The van der Waals surface area contributed by atoms with Crippen LogP contribution in [0.4, 0.5) is 11.5 Å². The molecule has 1 aromatic heterocycles. The highest BCUT2D eigenvalue weighted by Crippen LogP contribution is 2.29. The Bertz CT molecular complexity index is 817. The zero-order chi connectivity index (χ0) is 15.8. The highest BCUT2D eigenvalue weighted by molar-refractivity contribution is 6.06. The summed E-state index contributed by atoms with van der Waals surface area (Å²) in [7, 11) is 0. The maximum atomic E-state index is 12.5. The molecule has 1 aliphatic carbocycles. The number of pyridine rings is 1. The standard InChI is InChI=1S/C17H15N3O3/c21-15-9-23-14-7-11(8-18-16(14)20-15)19-17(22)13-6-2-4-10-3-1-5-12(10)13/h2,4,6-8H,1,3,5,9H2,(H,19,22)(H,18,20,21). The number of hydrogen-bond acceptors (Lipinski definition) is 4. The van der Waals surface area contributed by atoms with Crippen LogP contribution in [-0.2, 0) is 17.6 Å². The predicted octanol–water partition coefficient (Wildman–Crippen LogP) is 2.15. The minimum atomic E-state index is -0.235. The van der Waals surface area contributed by atoms with E-state index in [2.05, 4.69) is 21.7 Å². The molecule has 0 atom stereocenters. The molecule has 0 bridgehead atoms. The van der Waals surface area contributed by atoms with E-state index in [0.717, 1.165) is 24.8 Å². The maximum absolute atomic E-state index is 12.5. The lowest BCUT2D eigenvalue weighted by molar-refractivity contribution is -0.118. The largest absolute Gasteiger partial charge is 0.480 e. The smallest absolute Gasteiger partial charge is 0.263 e. The number of nitrogens with one attached hydrogen (secondary N) is 2. The Hall–Kier alpha value is -2.89. The zero-order valence-corrected chi connectivity index (χ0v) is 12.4. The Morgan fingerprint density at radius 3 is 3.13 bits per heavy atom. The van der Waals surface area contributed by atoms with E-state index in [4.69, 9.17) is 4.74 Å². The first kappa shape index (κ1) is 13.8. The lowest BCUT2D eigenvalue weighted by atomic mass is 10.0. The van der Waals surface area contributed by atoms with E-state index in [0.29, 0.717) is 22.8 Å². The summed E-state index contributed by atoms with van der Waals surface area (Å²) < 4.78 is 5.31. The van der Waals surface area contributed by atoms with Gasteiger partial charge in [0.05, 0.1) is 11.9 Å². The number of aryl methyl sites for hydroxylation is 1. The van der Waals surface area contributed by atoms with Crippen LogP contribution in [0.5, 0.6) is 5.75 Å². The summed E-state index contributed by atoms with van der Waals surface area (Å²) in [5.74, 6) is 0.451. The molecule has 0 radical (unpaired) electrons. The molecular weight excluding hydrogens is 294 g/mol. The fourth-order valence-electron chi connectivity index (χ4n) is 3.06. The molecule has 2 amide bonds. The number of nitrogens with zero attached hydrogens (tertiary/aromatic N) is 1. The SMILES string of the molecule is O=C1COc2cc(NC(=O)c3cccc4c3CCC4)cnc2N1. The van der Waals surface area contributed by atoms with Crippen LogP contribution in [0.15, 0.2) is 30.5 Å². The summed E-state index contributed by atoms with van der Waals surface area (Å²) in [6.07, 6.45) is 4.57. The number of rotatable bonds is 2. The van der Waals surface area contributed by atoms with Gasteiger partial charge < -0.3 is 15.4 Å². The topological polar surface area (TPSA) is 80.3 Å². The van der Waals surface area contributed by atoms with Crippen LogP contribution in [0.3, 0.4) is 0 Å². The summed E-state index contributed by atoms with van der Waals surface area (Å²) in [4.78, 5) is 27.9. The van der Waals surface area contributed by atoms with Gasteiger partial charge in [0.15, 0.2) is 18.2 Å². The van der Waals surface area contributed by atoms with Crippen molar-refractivity contribution in [3.63, 3.8) is 0 Å². The third kappa shape index (κ3) is 2.52. The van der Waals surface area contributed by atoms with Gasteiger partial charge >= 0.3 is 0 Å². The highest BCUT2D eigenvalue weighted by atomic mass is 16.5. The van der Waals surface area contributed by atoms with Gasteiger partial charge in [0.1, 0.15) is 0 Å². The average molecular weight is 309 g/mol. The number of carbonyl (C=O) groups is 2. The Morgan fingerprint density at radius 2 is 2.22 bits per heavy atom. The molecule has 1 aliphatic heterocycles. The quantitative estimate of drug-likeness (QED) is 0.891. The number of hydrogen-bond donors (Lipinski definition) is 2. The third-order valence-corrected chi connectivity index (χ3v) is 4.12. The van der Waals surface area contributed by atoms with Crippen molar-refractivity contribution in [2.45, 2.75) is 19.3 Å². The monoisotopic (exact) mass is 309 g/mol. The molecule has 2 aromatic rings. The number of fused-ring (bicyclic) bond motifs is 2. The summed E-state index contributed by atoms with van der Waals surface area (Å²) in [6, 6.07) is 7.52. The molecule has 2 aliphatic rings. The molecule has 0 unspecified atom stereocenters. The number of anilines is 2. The maximum Gasteiger partial charge on any atom is 0.263 e. The number of aromatic nitrogens is 1. The second kappa shape index (κ2) is 5.39. The zero-order valence-electron chi connectivity index (χ0n) is 12.4. The number of amides is 2. The molecule has 4 rings (SSSR count). The number of benzene rings is 1. The number of carbonyl (C=O) groups excluding carboxylic acids is 2. The molecule has 6 heteroatoms. The van der Waals surface area contributed by atoms with Gasteiger partial charge in [-0.05, 0) is 36.5 Å². The van der Waals surface area contributed by atoms with E-state index in [1.165, 1.54) is 11.8 Å². The molecule has 6 nitrogen and oxygen atoms in total. The number of ether oxygens (including phenoxy) is 1. The van der Waals surface area contributed by atoms with Crippen molar-refractivity contribution in [2.75, 3.05) is 17.2 Å². The van der Waals surface area contributed by atoms with E-state index in [-0.39, 0.29) is 18.4 Å². The van der Waals surface area contributed by atoms with Crippen LogP contribution in [0.2, 0.25) is 0 Å². The first-order chi connectivity index (χ1) is 11.2. The van der Waals surface area contributed by atoms with Gasteiger partial charge in [-0.2, -0.15) is 0 Å². The third-order valence-electron chi connectivity index (χ3n) is 4.12. The molecule has 0 fully saturated rings. The van der Waals surface area contributed by atoms with Crippen molar-refractivity contribution in [2.24, 2.45) is 0 Å². The molecule has 0 saturated carbocycles. The van der Waals surface area contributed by atoms with Crippen LogP contribution >= 0.6 is 0 Å². The Morgan fingerprint density at radius 1 is 1.30 bits per heavy atom. The molecular formula is C17H15N3O3. The normalized spacial score (nSPS) is 15.2. The minimum Gasteiger partial charge on any atom is -0.480 e. The van der Waals surface area contributed by atoms with Crippen molar-refractivity contribution >= 4 is 23.3 Å². The predicted molar refractivity (Wildman–Crippen MR) is 84.8 cm³/mol. The average Bonchev–Trinajstić information content (AvgIpc) is 3.03. The van der Waals surface area contributed by atoms with E-state index >= 15 is 0 Å². The van der Waals surface area contributed by atoms with Crippen molar-refractivity contribution < 1.29 is 14.3 Å². The van der Waals surface area contributed by atoms with Crippen LogP contribution in [-0.4, -0.2) is 23.4 Å². The molecule has 2 N–H and O–H groups in total. The Kier molecular flexibility index (Phi) is 3.22. The van der Waals surface area contributed by atoms with Crippen molar-refractivity contribution in [3.05, 3.63) is 47.2 Å². The van der Waals surface area contributed by atoms with Crippen LogP contribution in [0.1, 0.15) is 27.9 Å². The molecule has 0 saturated heterocycles. The fourth-order valence-corrected chi connectivity index (χ4v) is 3.06. The van der Waals surface area contributed by atoms with Gasteiger partial charge in [0.25, 0.3) is 11.8 Å². The Labute approximate surface area is 132 Å². The van der Waals surface area contributed by atoms with Crippen LogP contribution in [0.25, 0.3) is 0 Å².